The van der Waals surface area contributed by atoms with E-state index in [2.05, 4.69) is 15.5 Å². The fourth-order valence-electron chi connectivity index (χ4n) is 1.14. The number of halogens is 1. The van der Waals surface area contributed by atoms with E-state index in [4.69, 9.17) is 4.52 Å². The van der Waals surface area contributed by atoms with Crippen LogP contribution in [0.3, 0.4) is 0 Å². The second kappa shape index (κ2) is 4.52. The van der Waals surface area contributed by atoms with Gasteiger partial charge < -0.3 is 9.84 Å². The summed E-state index contributed by atoms with van der Waals surface area (Å²) in [6, 6.07) is 2.74. The molecule has 0 bridgehead atoms. The fraction of sp³-hybridized carbons (Fsp3) is 0.100. The second-order valence-electron chi connectivity index (χ2n) is 3.05. The smallest absolute Gasteiger partial charge is 0.253 e. The molecule has 2 aromatic heterocycles. The minimum absolute atomic E-state index is 0.166. The Labute approximate surface area is 90.3 Å². The van der Waals surface area contributed by atoms with Gasteiger partial charge in [0.05, 0.1) is 24.5 Å². The summed E-state index contributed by atoms with van der Waals surface area (Å²) in [5.74, 6) is -0.437. The summed E-state index contributed by atoms with van der Waals surface area (Å²) in [7, 11) is 0. The Balaban J connectivity index is 1.98. The van der Waals surface area contributed by atoms with Crippen LogP contribution in [-0.2, 0) is 6.54 Å². The van der Waals surface area contributed by atoms with Crippen LogP contribution < -0.4 is 5.32 Å². The van der Waals surface area contributed by atoms with Gasteiger partial charge in [-0.3, -0.25) is 9.78 Å². The van der Waals surface area contributed by atoms with Gasteiger partial charge in [-0.25, -0.2) is 4.39 Å². The van der Waals surface area contributed by atoms with Gasteiger partial charge in [-0.1, -0.05) is 5.16 Å². The van der Waals surface area contributed by atoms with E-state index in [0.717, 1.165) is 12.3 Å². The van der Waals surface area contributed by atoms with E-state index in [9.17, 15) is 9.18 Å². The van der Waals surface area contributed by atoms with Crippen molar-refractivity contribution in [1.82, 2.24) is 15.5 Å². The molecule has 0 radical (unpaired) electrons. The summed E-state index contributed by atoms with van der Waals surface area (Å²) in [4.78, 5) is 15.1. The molecule has 0 saturated heterocycles. The van der Waals surface area contributed by atoms with Crippen LogP contribution in [0.25, 0.3) is 0 Å². The number of nitrogens with zero attached hydrogens (tertiary/aromatic N) is 2. The molecule has 0 atom stereocenters. The van der Waals surface area contributed by atoms with Crippen molar-refractivity contribution in [3.63, 3.8) is 0 Å². The highest BCUT2D eigenvalue weighted by molar-refractivity contribution is 5.93. The fourth-order valence-corrected chi connectivity index (χ4v) is 1.14. The van der Waals surface area contributed by atoms with Gasteiger partial charge in [0.1, 0.15) is 5.82 Å². The summed E-state index contributed by atoms with van der Waals surface area (Å²) in [5, 5.41) is 6.04. The second-order valence-corrected chi connectivity index (χ2v) is 3.05. The third-order valence-electron chi connectivity index (χ3n) is 1.88. The standard InChI is InChI=1S/C10H8FN3O2/c11-8-3-7(4-12-5-8)10(15)13-6-9-1-2-14-16-9/h1-5H,6H2,(H,13,15). The molecule has 0 saturated carbocycles. The van der Waals surface area contributed by atoms with Gasteiger partial charge in [-0.05, 0) is 6.07 Å². The molecule has 6 heteroatoms. The zero-order valence-corrected chi connectivity index (χ0v) is 8.18. The SMILES string of the molecule is O=C(NCc1ccno1)c1cncc(F)c1. The first kappa shape index (κ1) is 10.3. The molecule has 0 aliphatic carbocycles. The molecule has 0 unspecified atom stereocenters. The van der Waals surface area contributed by atoms with Gasteiger partial charge >= 0.3 is 0 Å². The molecular weight excluding hydrogens is 213 g/mol. The molecule has 16 heavy (non-hydrogen) atoms. The lowest BCUT2D eigenvalue weighted by atomic mass is 10.2. The van der Waals surface area contributed by atoms with Crippen molar-refractivity contribution in [3.8, 4) is 0 Å². The number of aromatic nitrogens is 2. The maximum absolute atomic E-state index is 12.8. The van der Waals surface area contributed by atoms with Crippen molar-refractivity contribution in [2.45, 2.75) is 6.54 Å². The first-order valence-electron chi connectivity index (χ1n) is 4.54. The van der Waals surface area contributed by atoms with Crippen molar-refractivity contribution < 1.29 is 13.7 Å². The van der Waals surface area contributed by atoms with Crippen LogP contribution in [0.4, 0.5) is 4.39 Å². The highest BCUT2D eigenvalue weighted by atomic mass is 19.1. The van der Waals surface area contributed by atoms with Crippen LogP contribution in [0.5, 0.6) is 0 Å². The first-order valence-corrected chi connectivity index (χ1v) is 4.54. The van der Waals surface area contributed by atoms with E-state index in [1.807, 2.05) is 0 Å². The quantitative estimate of drug-likeness (QED) is 0.843. The number of hydrogen-bond donors (Lipinski definition) is 1. The predicted molar refractivity (Wildman–Crippen MR) is 51.9 cm³/mol. The molecule has 1 N–H and O–H groups in total. The van der Waals surface area contributed by atoms with Gasteiger partial charge in [0.2, 0.25) is 0 Å². The Morgan fingerprint density at radius 1 is 1.50 bits per heavy atom. The lowest BCUT2D eigenvalue weighted by molar-refractivity contribution is 0.0946. The van der Waals surface area contributed by atoms with Crippen LogP contribution in [-0.4, -0.2) is 16.0 Å². The molecule has 82 valence electrons. The minimum Gasteiger partial charge on any atom is -0.360 e. The topological polar surface area (TPSA) is 68.0 Å². The Kier molecular flexibility index (Phi) is 2.90. The molecule has 1 amide bonds. The van der Waals surface area contributed by atoms with Crippen molar-refractivity contribution in [3.05, 3.63) is 47.9 Å². The largest absolute Gasteiger partial charge is 0.360 e. The van der Waals surface area contributed by atoms with E-state index in [0.29, 0.717) is 5.76 Å². The number of carbonyl (C=O) groups excluding carboxylic acids is 1. The third kappa shape index (κ3) is 2.41. The molecule has 2 aromatic rings. The Hall–Kier alpha value is -2.24. The van der Waals surface area contributed by atoms with Crippen LogP contribution in [0.15, 0.2) is 35.2 Å². The predicted octanol–water partition coefficient (Wildman–Crippen LogP) is 1.14. The third-order valence-corrected chi connectivity index (χ3v) is 1.88. The molecule has 0 aliphatic rings. The van der Waals surface area contributed by atoms with E-state index in [1.54, 1.807) is 6.07 Å². The Bertz CT molecular complexity index is 485. The van der Waals surface area contributed by atoms with Crippen molar-refractivity contribution in [1.29, 1.82) is 0 Å². The number of nitrogens with one attached hydrogen (secondary N) is 1. The monoisotopic (exact) mass is 221 g/mol. The van der Waals surface area contributed by atoms with E-state index < -0.39 is 11.7 Å². The van der Waals surface area contributed by atoms with E-state index >= 15 is 0 Å². The number of pyridine rings is 1. The highest BCUT2D eigenvalue weighted by Gasteiger charge is 2.07. The van der Waals surface area contributed by atoms with Crippen molar-refractivity contribution in [2.24, 2.45) is 0 Å². The van der Waals surface area contributed by atoms with Gasteiger partial charge in [0.15, 0.2) is 5.76 Å². The van der Waals surface area contributed by atoms with Gasteiger partial charge in [-0.15, -0.1) is 0 Å². The number of hydrogen-bond acceptors (Lipinski definition) is 4. The Morgan fingerprint density at radius 3 is 3.06 bits per heavy atom. The van der Waals surface area contributed by atoms with Crippen LogP contribution >= 0.6 is 0 Å². The maximum atomic E-state index is 12.8. The van der Waals surface area contributed by atoms with E-state index in [1.165, 1.54) is 12.4 Å². The molecule has 0 spiro atoms. The molecule has 0 aliphatic heterocycles. The van der Waals surface area contributed by atoms with Gasteiger partial charge in [0, 0.05) is 12.3 Å². The molecule has 2 heterocycles. The summed E-state index contributed by atoms with van der Waals surface area (Å²) in [5.41, 5.74) is 0.166. The average molecular weight is 221 g/mol. The average Bonchev–Trinajstić information content (AvgIpc) is 2.78. The highest BCUT2D eigenvalue weighted by Crippen LogP contribution is 2.01. The lowest BCUT2D eigenvalue weighted by Crippen LogP contribution is -2.22. The summed E-state index contributed by atoms with van der Waals surface area (Å²) < 4.78 is 17.6. The van der Waals surface area contributed by atoms with Crippen LogP contribution in [0, 0.1) is 5.82 Å². The zero-order chi connectivity index (χ0) is 11.4. The van der Waals surface area contributed by atoms with Crippen LogP contribution in [0.1, 0.15) is 16.1 Å². The Morgan fingerprint density at radius 2 is 2.38 bits per heavy atom. The zero-order valence-electron chi connectivity index (χ0n) is 8.18. The first-order chi connectivity index (χ1) is 7.75. The molecule has 2 rings (SSSR count). The van der Waals surface area contributed by atoms with Crippen molar-refractivity contribution in [2.75, 3.05) is 0 Å². The van der Waals surface area contributed by atoms with Gasteiger partial charge in [-0.2, -0.15) is 0 Å². The van der Waals surface area contributed by atoms with Crippen LogP contribution in [0.2, 0.25) is 0 Å². The summed E-state index contributed by atoms with van der Waals surface area (Å²) in [6.07, 6.45) is 3.80. The van der Waals surface area contributed by atoms with Gasteiger partial charge in [0.25, 0.3) is 5.91 Å². The number of amides is 1. The molecule has 0 aromatic carbocycles. The molecular formula is C10H8FN3O2. The van der Waals surface area contributed by atoms with Crippen molar-refractivity contribution >= 4 is 5.91 Å². The summed E-state index contributed by atoms with van der Waals surface area (Å²) >= 11 is 0. The normalized spacial score (nSPS) is 10.1. The number of rotatable bonds is 3. The lowest BCUT2D eigenvalue weighted by Gasteiger charge is -2.01. The minimum atomic E-state index is -0.549. The van der Waals surface area contributed by atoms with E-state index in [-0.39, 0.29) is 12.1 Å². The number of carbonyl (C=O) groups is 1. The maximum Gasteiger partial charge on any atom is 0.253 e. The summed E-state index contributed by atoms with van der Waals surface area (Å²) in [6.45, 7) is 0.204. The molecule has 0 fully saturated rings. The molecule has 5 nitrogen and oxygen atoms in total.